The van der Waals surface area contributed by atoms with Gasteiger partial charge in [0.2, 0.25) is 0 Å². The summed E-state index contributed by atoms with van der Waals surface area (Å²) in [5.74, 6) is -4.00. The zero-order valence-corrected chi connectivity index (χ0v) is 5.63. The van der Waals surface area contributed by atoms with Gasteiger partial charge in [-0.15, -0.1) is 0 Å². The van der Waals surface area contributed by atoms with Gasteiger partial charge in [-0.2, -0.15) is 0 Å². The van der Waals surface area contributed by atoms with E-state index in [0.29, 0.717) is 0 Å². The summed E-state index contributed by atoms with van der Waals surface area (Å²) >= 11 is 0. The Morgan fingerprint density at radius 3 is 2.09 bits per heavy atom. The fourth-order valence-corrected chi connectivity index (χ4v) is 0.682. The molecule has 0 N–H and O–H groups in total. The minimum Gasteiger partial charge on any atom is -0.204 e. The van der Waals surface area contributed by atoms with E-state index in [9.17, 15) is 13.2 Å². The number of hydrogen-bond acceptors (Lipinski definition) is 0. The first-order valence-corrected chi connectivity index (χ1v) is 2.85. The third-order valence-electron chi connectivity index (χ3n) is 1.36. The largest absolute Gasteiger partial charge is 0.204 e. The molecule has 0 amide bonds. The quantitative estimate of drug-likeness (QED) is 0.509. The molecule has 2 radical (unpaired) electrons. The van der Waals surface area contributed by atoms with E-state index in [1.807, 2.05) is 0 Å². The van der Waals surface area contributed by atoms with E-state index in [4.69, 9.17) is 0 Å². The van der Waals surface area contributed by atoms with Crippen LogP contribution in [-0.2, 0) is 0 Å². The molecule has 0 bridgehead atoms. The molecule has 0 heterocycles. The summed E-state index contributed by atoms with van der Waals surface area (Å²) in [5, 5.41) is 0. The van der Waals surface area contributed by atoms with Gasteiger partial charge in [-0.3, -0.25) is 0 Å². The molecule has 0 unspecified atom stereocenters. The first-order chi connectivity index (χ1) is 5.04. The Morgan fingerprint density at radius 2 is 1.55 bits per heavy atom. The van der Waals surface area contributed by atoms with Crippen molar-refractivity contribution in [3.8, 4) is 0 Å². The highest BCUT2D eigenvalue weighted by molar-refractivity contribution is 5.34. The Balaban J connectivity index is 3.46. The van der Waals surface area contributed by atoms with Gasteiger partial charge < -0.3 is 0 Å². The van der Waals surface area contributed by atoms with Gasteiger partial charge in [-0.05, 0) is 31.0 Å². The molecule has 0 aliphatic heterocycles. The third kappa shape index (κ3) is 1.23. The molecule has 0 aliphatic rings. The Hall–Kier alpha value is -0.990. The van der Waals surface area contributed by atoms with Crippen molar-refractivity contribution < 1.29 is 13.2 Å². The van der Waals surface area contributed by atoms with Gasteiger partial charge in [-0.25, -0.2) is 13.2 Å². The second-order valence-electron chi connectivity index (χ2n) is 2.12. The highest BCUT2D eigenvalue weighted by Gasteiger charge is 2.12. The third-order valence-corrected chi connectivity index (χ3v) is 1.36. The molecule has 0 aromatic heterocycles. The molecular weight excluding hydrogens is 153 g/mol. The lowest BCUT2D eigenvalue weighted by molar-refractivity contribution is 0.444. The van der Waals surface area contributed by atoms with Crippen molar-refractivity contribution in [1.29, 1.82) is 0 Å². The summed E-state index contributed by atoms with van der Waals surface area (Å²) in [5.41, 5.74) is -0.148. The minimum atomic E-state index is -1.50. The van der Waals surface area contributed by atoms with Crippen LogP contribution in [0.3, 0.4) is 0 Å². The zero-order valence-electron chi connectivity index (χ0n) is 5.63. The lowest BCUT2D eigenvalue weighted by Gasteiger charge is -2.02. The monoisotopic (exact) mass is 158 g/mol. The summed E-state index contributed by atoms with van der Waals surface area (Å²) in [6, 6.07) is 0.806. The Morgan fingerprint density at radius 1 is 1.00 bits per heavy atom. The van der Waals surface area contributed by atoms with Crippen LogP contribution in [0.4, 0.5) is 13.2 Å². The normalized spacial score (nSPS) is 10.3. The number of hydrogen-bond donors (Lipinski definition) is 0. The standard InChI is InChI=1S/C8H5F3/c1-4-3-6(9)8(11)7(10)5(4)2/h3H,1-2H2. The maximum absolute atomic E-state index is 12.5. The summed E-state index contributed by atoms with van der Waals surface area (Å²) < 4.78 is 37.2. The van der Waals surface area contributed by atoms with Crippen LogP contribution in [0.2, 0.25) is 0 Å². The molecular formula is C8H5F3. The van der Waals surface area contributed by atoms with Crippen LogP contribution in [-0.4, -0.2) is 0 Å². The summed E-state index contributed by atoms with van der Waals surface area (Å²) in [4.78, 5) is 0. The molecule has 0 saturated heterocycles. The van der Waals surface area contributed by atoms with Crippen molar-refractivity contribution >= 4 is 0 Å². The molecule has 11 heavy (non-hydrogen) atoms. The smallest absolute Gasteiger partial charge is 0.194 e. The molecule has 0 aliphatic carbocycles. The molecule has 1 aromatic carbocycles. The van der Waals surface area contributed by atoms with Crippen molar-refractivity contribution in [2.75, 3.05) is 0 Å². The van der Waals surface area contributed by atoms with Crippen molar-refractivity contribution in [2.45, 2.75) is 0 Å². The number of halogens is 3. The summed E-state index contributed by atoms with van der Waals surface area (Å²) in [6.45, 7) is 6.45. The van der Waals surface area contributed by atoms with Crippen molar-refractivity contribution in [1.82, 2.24) is 0 Å². The van der Waals surface area contributed by atoms with Crippen molar-refractivity contribution in [2.24, 2.45) is 0 Å². The molecule has 0 saturated carbocycles. The van der Waals surface area contributed by atoms with Gasteiger partial charge >= 0.3 is 0 Å². The van der Waals surface area contributed by atoms with Crippen molar-refractivity contribution in [3.63, 3.8) is 0 Å². The van der Waals surface area contributed by atoms with E-state index in [0.717, 1.165) is 6.07 Å². The molecule has 0 atom stereocenters. The van der Waals surface area contributed by atoms with Gasteiger partial charge in [-0.1, -0.05) is 0 Å². The van der Waals surface area contributed by atoms with Gasteiger partial charge in [0.25, 0.3) is 0 Å². The van der Waals surface area contributed by atoms with Crippen LogP contribution in [0.25, 0.3) is 0 Å². The number of benzene rings is 1. The van der Waals surface area contributed by atoms with Crippen LogP contribution in [0, 0.1) is 31.3 Å². The fourth-order valence-electron chi connectivity index (χ4n) is 0.682. The van der Waals surface area contributed by atoms with Gasteiger partial charge in [0.05, 0.1) is 0 Å². The summed E-state index contributed by atoms with van der Waals surface area (Å²) in [6.07, 6.45) is 0. The molecule has 0 spiro atoms. The van der Waals surface area contributed by atoms with Gasteiger partial charge in [0, 0.05) is 0 Å². The van der Waals surface area contributed by atoms with Crippen LogP contribution >= 0.6 is 0 Å². The highest BCUT2D eigenvalue weighted by atomic mass is 19.2. The Labute approximate surface area is 62.7 Å². The predicted octanol–water partition coefficient (Wildman–Crippen LogP) is 2.47. The topological polar surface area (TPSA) is 0 Å². The molecule has 3 heteroatoms. The Bertz CT molecular complexity index is 266. The molecule has 58 valence electrons. The predicted molar refractivity (Wildman–Crippen MR) is 35.2 cm³/mol. The fraction of sp³-hybridized carbons (Fsp3) is 0. The average molecular weight is 158 g/mol. The van der Waals surface area contributed by atoms with E-state index >= 15 is 0 Å². The second kappa shape index (κ2) is 2.57. The first kappa shape index (κ1) is 8.11. The van der Waals surface area contributed by atoms with Crippen molar-refractivity contribution in [3.05, 3.63) is 48.5 Å². The minimum absolute atomic E-state index is 0.0569. The average Bonchev–Trinajstić information content (AvgIpc) is 1.97. The highest BCUT2D eigenvalue weighted by Crippen LogP contribution is 2.17. The van der Waals surface area contributed by atoms with Gasteiger partial charge in [0.1, 0.15) is 0 Å². The van der Waals surface area contributed by atoms with Crippen LogP contribution in [0.5, 0.6) is 0 Å². The van der Waals surface area contributed by atoms with E-state index in [1.165, 1.54) is 0 Å². The SMILES string of the molecule is [CH2]c1cc(F)c(F)c(F)c1[CH2]. The molecule has 1 aromatic rings. The number of rotatable bonds is 0. The maximum atomic E-state index is 12.5. The lowest BCUT2D eigenvalue weighted by atomic mass is 10.1. The maximum Gasteiger partial charge on any atom is 0.194 e. The molecule has 0 fully saturated rings. The van der Waals surface area contributed by atoms with Crippen LogP contribution in [0.15, 0.2) is 6.07 Å². The van der Waals surface area contributed by atoms with E-state index in [1.54, 1.807) is 0 Å². The second-order valence-corrected chi connectivity index (χ2v) is 2.12. The first-order valence-electron chi connectivity index (χ1n) is 2.85. The van der Waals surface area contributed by atoms with Gasteiger partial charge in [0.15, 0.2) is 17.5 Å². The lowest BCUT2D eigenvalue weighted by Crippen LogP contribution is -1.96. The summed E-state index contributed by atoms with van der Waals surface area (Å²) in [7, 11) is 0. The molecule has 0 nitrogen and oxygen atoms in total. The molecule has 1 rings (SSSR count). The zero-order chi connectivity index (χ0) is 8.59. The van der Waals surface area contributed by atoms with E-state index in [-0.39, 0.29) is 11.1 Å². The van der Waals surface area contributed by atoms with E-state index < -0.39 is 17.5 Å². The van der Waals surface area contributed by atoms with Crippen LogP contribution < -0.4 is 0 Å². The Kier molecular flexibility index (Phi) is 1.89. The van der Waals surface area contributed by atoms with Crippen LogP contribution in [0.1, 0.15) is 11.1 Å². The van der Waals surface area contributed by atoms with E-state index in [2.05, 4.69) is 13.8 Å².